The van der Waals surface area contributed by atoms with Crippen LogP contribution in [0, 0.1) is 6.92 Å². The third kappa shape index (κ3) is 5.69. The Hall–Kier alpha value is -3.11. The molecule has 0 radical (unpaired) electrons. The van der Waals surface area contributed by atoms with Crippen molar-refractivity contribution in [1.29, 1.82) is 0 Å². The van der Waals surface area contributed by atoms with Gasteiger partial charge in [-0.25, -0.2) is 0 Å². The molecule has 29 heavy (non-hydrogen) atoms. The summed E-state index contributed by atoms with van der Waals surface area (Å²) < 4.78 is 0. The van der Waals surface area contributed by atoms with Crippen LogP contribution >= 0.6 is 11.6 Å². The number of benzene rings is 3. The second-order valence-electron chi connectivity index (χ2n) is 6.83. The zero-order chi connectivity index (χ0) is 20.6. The van der Waals surface area contributed by atoms with Crippen LogP contribution in [0.2, 0.25) is 5.02 Å². The van der Waals surface area contributed by atoms with Crippen molar-refractivity contribution in [2.45, 2.75) is 19.3 Å². The Kier molecular flexibility index (Phi) is 7.04. The summed E-state index contributed by atoms with van der Waals surface area (Å²) in [6.45, 7) is 2.23. The SMILES string of the molecule is Cc1ccc(Cl)cc1NC(=O)C(=O)NCCC(c1ccccc1)c1ccccc1. The molecule has 3 rings (SSSR count). The second kappa shape index (κ2) is 9.89. The molecule has 0 fully saturated rings. The zero-order valence-corrected chi connectivity index (χ0v) is 16.9. The summed E-state index contributed by atoms with van der Waals surface area (Å²) in [5.41, 5.74) is 3.71. The highest BCUT2D eigenvalue weighted by Crippen LogP contribution is 2.27. The van der Waals surface area contributed by atoms with Crippen molar-refractivity contribution in [3.05, 3.63) is 101 Å². The number of hydrogen-bond acceptors (Lipinski definition) is 2. The maximum Gasteiger partial charge on any atom is 0.313 e. The number of amides is 2. The largest absolute Gasteiger partial charge is 0.348 e. The van der Waals surface area contributed by atoms with Crippen molar-refractivity contribution in [3.63, 3.8) is 0 Å². The molecule has 0 saturated heterocycles. The molecule has 148 valence electrons. The quantitative estimate of drug-likeness (QED) is 0.570. The Morgan fingerprint density at radius 1 is 0.862 bits per heavy atom. The third-order valence-corrected chi connectivity index (χ3v) is 5.01. The standard InChI is InChI=1S/C24H23ClN2O2/c1-17-12-13-20(25)16-22(17)27-24(29)23(28)26-15-14-21(18-8-4-2-5-9-18)19-10-6-3-7-11-19/h2-13,16,21H,14-15H2,1H3,(H,26,28)(H,27,29). The van der Waals surface area contributed by atoms with E-state index in [-0.39, 0.29) is 5.92 Å². The van der Waals surface area contributed by atoms with E-state index in [0.717, 1.165) is 5.56 Å². The van der Waals surface area contributed by atoms with E-state index in [9.17, 15) is 9.59 Å². The third-order valence-electron chi connectivity index (χ3n) is 4.78. The number of carbonyl (C=O) groups is 2. The summed E-state index contributed by atoms with van der Waals surface area (Å²) >= 11 is 5.96. The van der Waals surface area contributed by atoms with Gasteiger partial charge in [-0.1, -0.05) is 78.3 Å². The first-order valence-corrected chi connectivity index (χ1v) is 9.87. The van der Waals surface area contributed by atoms with Crippen molar-refractivity contribution in [2.75, 3.05) is 11.9 Å². The van der Waals surface area contributed by atoms with Gasteiger partial charge in [0.25, 0.3) is 0 Å². The lowest BCUT2D eigenvalue weighted by Gasteiger charge is -2.18. The highest BCUT2D eigenvalue weighted by Gasteiger charge is 2.17. The summed E-state index contributed by atoms with van der Waals surface area (Å²) in [4.78, 5) is 24.5. The Balaban J connectivity index is 1.61. The van der Waals surface area contributed by atoms with Crippen LogP contribution in [0.25, 0.3) is 0 Å². The smallest absolute Gasteiger partial charge is 0.313 e. The molecule has 3 aromatic rings. The molecule has 0 aliphatic rings. The maximum absolute atomic E-state index is 12.2. The van der Waals surface area contributed by atoms with Gasteiger partial charge < -0.3 is 10.6 Å². The number of hydrogen-bond donors (Lipinski definition) is 2. The van der Waals surface area contributed by atoms with E-state index in [2.05, 4.69) is 34.9 Å². The Bertz CT molecular complexity index is 935. The molecular formula is C24H23ClN2O2. The van der Waals surface area contributed by atoms with Crippen LogP contribution < -0.4 is 10.6 Å². The van der Waals surface area contributed by atoms with Crippen LogP contribution in [0.1, 0.15) is 29.0 Å². The van der Waals surface area contributed by atoms with Gasteiger partial charge in [-0.2, -0.15) is 0 Å². The molecule has 0 bridgehead atoms. The molecule has 0 unspecified atom stereocenters. The average Bonchev–Trinajstić information content (AvgIpc) is 2.75. The maximum atomic E-state index is 12.2. The van der Waals surface area contributed by atoms with Crippen LogP contribution in [0.5, 0.6) is 0 Å². The topological polar surface area (TPSA) is 58.2 Å². The van der Waals surface area contributed by atoms with Crippen LogP contribution in [-0.2, 0) is 9.59 Å². The normalized spacial score (nSPS) is 10.6. The van der Waals surface area contributed by atoms with Crippen molar-refractivity contribution in [2.24, 2.45) is 0 Å². The first kappa shape index (κ1) is 20.6. The minimum atomic E-state index is -0.702. The minimum absolute atomic E-state index is 0.135. The minimum Gasteiger partial charge on any atom is -0.348 e. The van der Waals surface area contributed by atoms with Gasteiger partial charge in [-0.3, -0.25) is 9.59 Å². The molecule has 0 aliphatic heterocycles. The van der Waals surface area contributed by atoms with Crippen molar-refractivity contribution >= 4 is 29.1 Å². The lowest BCUT2D eigenvalue weighted by atomic mass is 9.88. The molecule has 4 nitrogen and oxygen atoms in total. The lowest BCUT2D eigenvalue weighted by Crippen LogP contribution is -2.36. The lowest BCUT2D eigenvalue weighted by molar-refractivity contribution is -0.136. The Labute approximate surface area is 175 Å². The fourth-order valence-corrected chi connectivity index (χ4v) is 3.39. The summed E-state index contributed by atoms with van der Waals surface area (Å²) in [7, 11) is 0. The highest BCUT2D eigenvalue weighted by atomic mass is 35.5. The van der Waals surface area contributed by atoms with E-state index in [1.807, 2.05) is 43.3 Å². The summed E-state index contributed by atoms with van der Waals surface area (Å²) in [6, 6.07) is 25.4. The molecule has 0 aliphatic carbocycles. The number of nitrogens with one attached hydrogen (secondary N) is 2. The number of aryl methyl sites for hydroxylation is 1. The van der Waals surface area contributed by atoms with E-state index in [0.29, 0.717) is 23.7 Å². The molecule has 0 heterocycles. The number of halogens is 1. The van der Waals surface area contributed by atoms with E-state index < -0.39 is 11.8 Å². The van der Waals surface area contributed by atoms with Crippen LogP contribution in [-0.4, -0.2) is 18.4 Å². The number of carbonyl (C=O) groups excluding carboxylic acids is 2. The van der Waals surface area contributed by atoms with Crippen molar-refractivity contribution in [1.82, 2.24) is 5.32 Å². The summed E-state index contributed by atoms with van der Waals surface area (Å²) in [5, 5.41) is 5.84. The van der Waals surface area contributed by atoms with Crippen molar-refractivity contribution < 1.29 is 9.59 Å². The first-order valence-electron chi connectivity index (χ1n) is 9.50. The fraction of sp³-hybridized carbons (Fsp3) is 0.167. The van der Waals surface area contributed by atoms with Gasteiger partial charge >= 0.3 is 11.8 Å². The highest BCUT2D eigenvalue weighted by molar-refractivity contribution is 6.40. The Morgan fingerprint density at radius 2 is 1.45 bits per heavy atom. The molecule has 3 aromatic carbocycles. The van der Waals surface area contributed by atoms with E-state index in [1.54, 1.807) is 18.2 Å². The van der Waals surface area contributed by atoms with E-state index in [1.165, 1.54) is 11.1 Å². The Morgan fingerprint density at radius 3 is 2.03 bits per heavy atom. The molecular weight excluding hydrogens is 384 g/mol. The van der Waals surface area contributed by atoms with E-state index >= 15 is 0 Å². The van der Waals surface area contributed by atoms with Gasteiger partial charge in [-0.05, 0) is 42.2 Å². The predicted molar refractivity (Wildman–Crippen MR) is 117 cm³/mol. The van der Waals surface area contributed by atoms with Crippen LogP contribution in [0.15, 0.2) is 78.9 Å². The number of anilines is 1. The molecule has 2 amide bonds. The first-order chi connectivity index (χ1) is 14.0. The van der Waals surface area contributed by atoms with Gasteiger partial charge in [0.1, 0.15) is 0 Å². The predicted octanol–water partition coefficient (Wildman–Crippen LogP) is 4.93. The van der Waals surface area contributed by atoms with Gasteiger partial charge in [0, 0.05) is 23.2 Å². The molecule has 2 N–H and O–H groups in total. The second-order valence-corrected chi connectivity index (χ2v) is 7.27. The zero-order valence-electron chi connectivity index (χ0n) is 16.2. The average molecular weight is 407 g/mol. The molecule has 0 aromatic heterocycles. The fourth-order valence-electron chi connectivity index (χ4n) is 3.21. The van der Waals surface area contributed by atoms with Gasteiger partial charge in [0.15, 0.2) is 0 Å². The van der Waals surface area contributed by atoms with Gasteiger partial charge in [0.05, 0.1) is 0 Å². The molecule has 5 heteroatoms. The molecule has 0 saturated carbocycles. The number of rotatable bonds is 6. The van der Waals surface area contributed by atoms with Crippen LogP contribution in [0.4, 0.5) is 5.69 Å². The summed E-state index contributed by atoms with van der Waals surface area (Å²) in [5.74, 6) is -1.23. The van der Waals surface area contributed by atoms with Crippen molar-refractivity contribution in [3.8, 4) is 0 Å². The molecule has 0 spiro atoms. The monoisotopic (exact) mass is 406 g/mol. The summed E-state index contributed by atoms with van der Waals surface area (Å²) in [6.07, 6.45) is 0.684. The van der Waals surface area contributed by atoms with Crippen LogP contribution in [0.3, 0.4) is 0 Å². The van der Waals surface area contributed by atoms with Gasteiger partial charge in [0.2, 0.25) is 0 Å². The van der Waals surface area contributed by atoms with E-state index in [4.69, 9.17) is 11.6 Å². The molecule has 0 atom stereocenters. The van der Waals surface area contributed by atoms with Gasteiger partial charge in [-0.15, -0.1) is 0 Å².